The molecule has 1 aromatic carbocycles. The summed E-state index contributed by atoms with van der Waals surface area (Å²) >= 11 is 3.36. The van der Waals surface area contributed by atoms with E-state index >= 15 is 0 Å². The maximum Gasteiger partial charge on any atom is 0.133 e. The molecule has 88 valence electrons. The molecule has 1 heterocycles. The van der Waals surface area contributed by atoms with Gasteiger partial charge in [-0.05, 0) is 65.2 Å². The molecule has 2 nitrogen and oxygen atoms in total. The molecule has 0 amide bonds. The van der Waals surface area contributed by atoms with Crippen molar-refractivity contribution >= 4 is 27.4 Å². The van der Waals surface area contributed by atoms with E-state index in [1.54, 1.807) is 25.3 Å². The van der Waals surface area contributed by atoms with Crippen molar-refractivity contribution < 1.29 is 4.39 Å². The highest BCUT2D eigenvalue weighted by Gasteiger charge is 2.03. The first-order valence-corrected chi connectivity index (χ1v) is 6.01. The van der Waals surface area contributed by atoms with E-state index in [1.165, 1.54) is 6.07 Å². The number of nitrogens with zero attached hydrogens (tertiary/aromatic N) is 1. The van der Waals surface area contributed by atoms with Gasteiger partial charge in [-0.2, -0.15) is 0 Å². The fourth-order valence-corrected chi connectivity index (χ4v) is 1.98. The minimum absolute atomic E-state index is 0.198. The number of hydrogen-bond acceptors (Lipinski definition) is 2. The number of anilines is 2. The van der Waals surface area contributed by atoms with Crippen molar-refractivity contribution in [1.82, 2.24) is 4.98 Å². The third-order valence-corrected chi connectivity index (χ3v) is 2.90. The highest BCUT2D eigenvalue weighted by Crippen LogP contribution is 2.22. The molecule has 2 rings (SSSR count). The molecule has 0 bridgehead atoms. The zero-order valence-corrected chi connectivity index (χ0v) is 11.2. The van der Waals surface area contributed by atoms with Gasteiger partial charge < -0.3 is 5.32 Å². The lowest BCUT2D eigenvalue weighted by Gasteiger charge is -2.09. The standard InChI is InChI=1S/C13H12BrFN2/c1-8-6-11(3-4-12(8)15)17-13-9(2)5-10(14)7-16-13/h3-7H,1-2H3,(H,16,17). The Labute approximate surface area is 108 Å². The van der Waals surface area contributed by atoms with Crippen LogP contribution >= 0.6 is 15.9 Å². The Morgan fingerprint density at radius 2 is 1.94 bits per heavy atom. The molecule has 0 spiro atoms. The van der Waals surface area contributed by atoms with E-state index in [-0.39, 0.29) is 5.82 Å². The van der Waals surface area contributed by atoms with Crippen molar-refractivity contribution in [1.29, 1.82) is 0 Å². The van der Waals surface area contributed by atoms with Crippen LogP contribution in [0.15, 0.2) is 34.9 Å². The van der Waals surface area contributed by atoms with E-state index in [1.807, 2.05) is 13.0 Å². The molecule has 1 aromatic heterocycles. The van der Waals surface area contributed by atoms with Crippen LogP contribution < -0.4 is 5.32 Å². The average molecular weight is 295 g/mol. The zero-order valence-electron chi connectivity index (χ0n) is 9.59. The van der Waals surface area contributed by atoms with E-state index in [9.17, 15) is 4.39 Å². The van der Waals surface area contributed by atoms with Gasteiger partial charge in [0.05, 0.1) is 0 Å². The molecular weight excluding hydrogens is 283 g/mol. The largest absolute Gasteiger partial charge is 0.340 e. The average Bonchev–Trinajstić information content (AvgIpc) is 2.27. The smallest absolute Gasteiger partial charge is 0.133 e. The SMILES string of the molecule is Cc1cc(Nc2ncc(Br)cc2C)ccc1F. The Morgan fingerprint density at radius 3 is 2.59 bits per heavy atom. The lowest BCUT2D eigenvalue weighted by Crippen LogP contribution is -1.97. The van der Waals surface area contributed by atoms with Gasteiger partial charge in [0.25, 0.3) is 0 Å². The number of aromatic nitrogens is 1. The lowest BCUT2D eigenvalue weighted by molar-refractivity contribution is 0.619. The van der Waals surface area contributed by atoms with Crippen LogP contribution in [0, 0.1) is 19.7 Å². The van der Waals surface area contributed by atoms with Crippen LogP contribution in [0.25, 0.3) is 0 Å². The molecule has 4 heteroatoms. The molecule has 17 heavy (non-hydrogen) atoms. The molecule has 0 saturated carbocycles. The van der Waals surface area contributed by atoms with Crippen LogP contribution in [0.3, 0.4) is 0 Å². The maximum atomic E-state index is 13.1. The first-order valence-electron chi connectivity index (χ1n) is 5.21. The van der Waals surface area contributed by atoms with Crippen LogP contribution in [0.4, 0.5) is 15.9 Å². The van der Waals surface area contributed by atoms with Crippen molar-refractivity contribution in [3.63, 3.8) is 0 Å². The number of pyridine rings is 1. The summed E-state index contributed by atoms with van der Waals surface area (Å²) < 4.78 is 14.1. The van der Waals surface area contributed by atoms with E-state index < -0.39 is 0 Å². The second-order valence-corrected chi connectivity index (χ2v) is 4.82. The number of benzene rings is 1. The van der Waals surface area contributed by atoms with E-state index in [4.69, 9.17) is 0 Å². The van der Waals surface area contributed by atoms with Gasteiger partial charge >= 0.3 is 0 Å². The van der Waals surface area contributed by atoms with Crippen molar-refractivity contribution in [2.75, 3.05) is 5.32 Å². The Hall–Kier alpha value is -1.42. The number of halogens is 2. The van der Waals surface area contributed by atoms with Crippen LogP contribution in [-0.2, 0) is 0 Å². The molecule has 0 aliphatic carbocycles. The van der Waals surface area contributed by atoms with Crippen molar-refractivity contribution in [2.24, 2.45) is 0 Å². The molecule has 0 fully saturated rings. The number of nitrogens with one attached hydrogen (secondary N) is 1. The van der Waals surface area contributed by atoms with Gasteiger partial charge in [-0.25, -0.2) is 9.37 Å². The highest BCUT2D eigenvalue weighted by molar-refractivity contribution is 9.10. The van der Waals surface area contributed by atoms with E-state index in [0.717, 1.165) is 21.5 Å². The summed E-state index contributed by atoms with van der Waals surface area (Å²) in [5, 5.41) is 3.17. The maximum absolute atomic E-state index is 13.1. The summed E-state index contributed by atoms with van der Waals surface area (Å²) in [6.45, 7) is 3.71. The summed E-state index contributed by atoms with van der Waals surface area (Å²) in [7, 11) is 0. The van der Waals surface area contributed by atoms with Crippen LogP contribution in [0.2, 0.25) is 0 Å². The Morgan fingerprint density at radius 1 is 1.18 bits per heavy atom. The summed E-state index contributed by atoms with van der Waals surface area (Å²) in [6, 6.07) is 6.89. The Balaban J connectivity index is 2.28. The Kier molecular flexibility index (Phi) is 3.43. The first-order chi connectivity index (χ1) is 8.06. The fraction of sp³-hybridized carbons (Fsp3) is 0.154. The van der Waals surface area contributed by atoms with Gasteiger partial charge in [0.15, 0.2) is 0 Å². The third kappa shape index (κ3) is 2.82. The van der Waals surface area contributed by atoms with Crippen molar-refractivity contribution in [3.05, 3.63) is 51.9 Å². The summed E-state index contributed by atoms with van der Waals surface area (Å²) in [4.78, 5) is 4.27. The summed E-state index contributed by atoms with van der Waals surface area (Å²) in [6.07, 6.45) is 1.73. The molecule has 0 atom stereocenters. The van der Waals surface area contributed by atoms with Crippen molar-refractivity contribution in [3.8, 4) is 0 Å². The third-order valence-electron chi connectivity index (χ3n) is 2.47. The predicted octanol–water partition coefficient (Wildman–Crippen LogP) is 4.34. The number of aryl methyl sites for hydroxylation is 2. The second-order valence-electron chi connectivity index (χ2n) is 3.91. The first kappa shape index (κ1) is 12.0. The minimum atomic E-state index is -0.198. The molecule has 0 aliphatic rings. The molecule has 2 aromatic rings. The van der Waals surface area contributed by atoms with Gasteiger partial charge in [0.2, 0.25) is 0 Å². The fourth-order valence-electron chi connectivity index (χ4n) is 1.53. The van der Waals surface area contributed by atoms with E-state index in [2.05, 4.69) is 26.2 Å². The topological polar surface area (TPSA) is 24.9 Å². The molecule has 1 N–H and O–H groups in total. The van der Waals surface area contributed by atoms with Gasteiger partial charge in [-0.15, -0.1) is 0 Å². The molecule has 0 unspecified atom stereocenters. The van der Waals surface area contributed by atoms with Gasteiger partial charge in [0, 0.05) is 16.4 Å². The zero-order chi connectivity index (χ0) is 12.4. The number of rotatable bonds is 2. The molecule has 0 aliphatic heterocycles. The minimum Gasteiger partial charge on any atom is -0.340 e. The molecule has 0 radical (unpaired) electrons. The van der Waals surface area contributed by atoms with E-state index in [0.29, 0.717) is 5.56 Å². The Bertz CT molecular complexity index is 555. The van der Waals surface area contributed by atoms with Crippen LogP contribution in [-0.4, -0.2) is 4.98 Å². The summed E-state index contributed by atoms with van der Waals surface area (Å²) in [5.74, 6) is 0.579. The summed E-state index contributed by atoms with van der Waals surface area (Å²) in [5.41, 5.74) is 2.48. The van der Waals surface area contributed by atoms with Crippen LogP contribution in [0.1, 0.15) is 11.1 Å². The molecule has 0 saturated heterocycles. The number of hydrogen-bond donors (Lipinski definition) is 1. The normalized spacial score (nSPS) is 10.4. The van der Waals surface area contributed by atoms with Gasteiger partial charge in [-0.3, -0.25) is 0 Å². The van der Waals surface area contributed by atoms with Crippen LogP contribution in [0.5, 0.6) is 0 Å². The highest BCUT2D eigenvalue weighted by atomic mass is 79.9. The van der Waals surface area contributed by atoms with Gasteiger partial charge in [-0.1, -0.05) is 0 Å². The lowest BCUT2D eigenvalue weighted by atomic mass is 10.2. The predicted molar refractivity (Wildman–Crippen MR) is 71.1 cm³/mol. The monoisotopic (exact) mass is 294 g/mol. The quantitative estimate of drug-likeness (QED) is 0.891. The molecular formula is C13H12BrFN2. The van der Waals surface area contributed by atoms with Gasteiger partial charge in [0.1, 0.15) is 11.6 Å². The second kappa shape index (κ2) is 4.84. The van der Waals surface area contributed by atoms with Crippen molar-refractivity contribution in [2.45, 2.75) is 13.8 Å².